The van der Waals surface area contributed by atoms with Crippen molar-refractivity contribution >= 4 is 23.4 Å². The quantitative estimate of drug-likeness (QED) is 0.428. The molecule has 1 heterocycles. The molecule has 3 N–H and O–H groups in total. The van der Waals surface area contributed by atoms with E-state index in [0.717, 1.165) is 22.3 Å². The SMILES string of the molecule is Cc1ccc(OCCNC(=O)c2ccccc2NC2=CC(=O)N(CCO)C2=O)cc1. The van der Waals surface area contributed by atoms with E-state index in [1.807, 2.05) is 31.2 Å². The summed E-state index contributed by atoms with van der Waals surface area (Å²) in [6.07, 6.45) is 1.15. The number of carbonyl (C=O) groups is 3. The van der Waals surface area contributed by atoms with Crippen LogP contribution in [0.3, 0.4) is 0 Å². The molecule has 0 aliphatic carbocycles. The molecule has 2 aromatic rings. The number of nitrogens with zero attached hydrogens (tertiary/aromatic N) is 1. The number of benzene rings is 2. The van der Waals surface area contributed by atoms with Crippen LogP contribution in [0.5, 0.6) is 5.75 Å². The Kier molecular flexibility index (Phi) is 6.82. The number of aryl methyl sites for hydroxylation is 1. The lowest BCUT2D eigenvalue weighted by atomic mass is 10.1. The summed E-state index contributed by atoms with van der Waals surface area (Å²) in [6.45, 7) is 2.19. The molecule has 0 saturated heterocycles. The number of anilines is 1. The Bertz CT molecular complexity index is 969. The number of carbonyl (C=O) groups excluding carboxylic acids is 3. The van der Waals surface area contributed by atoms with Gasteiger partial charge in [-0.25, -0.2) is 0 Å². The van der Waals surface area contributed by atoms with Crippen molar-refractivity contribution in [3.8, 4) is 5.75 Å². The first-order valence-corrected chi connectivity index (χ1v) is 9.51. The van der Waals surface area contributed by atoms with Crippen molar-refractivity contribution in [1.82, 2.24) is 10.2 Å². The van der Waals surface area contributed by atoms with Crippen LogP contribution in [0.4, 0.5) is 5.69 Å². The molecule has 0 radical (unpaired) electrons. The highest BCUT2D eigenvalue weighted by molar-refractivity contribution is 6.17. The van der Waals surface area contributed by atoms with E-state index in [1.165, 1.54) is 0 Å². The van der Waals surface area contributed by atoms with Crippen LogP contribution in [0.15, 0.2) is 60.3 Å². The van der Waals surface area contributed by atoms with E-state index < -0.39 is 11.8 Å². The fraction of sp³-hybridized carbons (Fsp3) is 0.227. The van der Waals surface area contributed by atoms with Crippen LogP contribution in [0.25, 0.3) is 0 Å². The minimum absolute atomic E-state index is 0.0522. The number of rotatable bonds is 9. The van der Waals surface area contributed by atoms with Gasteiger partial charge < -0.3 is 20.5 Å². The zero-order chi connectivity index (χ0) is 21.5. The molecule has 0 aromatic heterocycles. The third-order valence-electron chi connectivity index (χ3n) is 4.45. The lowest BCUT2D eigenvalue weighted by Crippen LogP contribution is -2.34. The number of ether oxygens (including phenoxy) is 1. The van der Waals surface area contributed by atoms with Crippen LogP contribution in [0.2, 0.25) is 0 Å². The van der Waals surface area contributed by atoms with Crippen molar-refractivity contribution in [2.75, 3.05) is 31.6 Å². The van der Waals surface area contributed by atoms with Crippen LogP contribution in [0, 0.1) is 6.92 Å². The van der Waals surface area contributed by atoms with E-state index in [4.69, 9.17) is 9.84 Å². The van der Waals surface area contributed by atoms with E-state index in [0.29, 0.717) is 24.4 Å². The summed E-state index contributed by atoms with van der Waals surface area (Å²) in [5, 5.41) is 14.6. The van der Waals surface area contributed by atoms with E-state index in [9.17, 15) is 14.4 Å². The molecule has 30 heavy (non-hydrogen) atoms. The molecule has 0 unspecified atom stereocenters. The van der Waals surface area contributed by atoms with E-state index >= 15 is 0 Å². The molecule has 0 spiro atoms. The minimum Gasteiger partial charge on any atom is -0.492 e. The van der Waals surface area contributed by atoms with Gasteiger partial charge in [-0.2, -0.15) is 0 Å². The fourth-order valence-electron chi connectivity index (χ4n) is 2.91. The lowest BCUT2D eigenvalue weighted by molar-refractivity contribution is -0.137. The van der Waals surface area contributed by atoms with Crippen molar-refractivity contribution in [2.45, 2.75) is 6.92 Å². The summed E-state index contributed by atoms with van der Waals surface area (Å²) in [7, 11) is 0. The Morgan fingerprint density at radius 1 is 1.10 bits per heavy atom. The fourth-order valence-corrected chi connectivity index (χ4v) is 2.91. The van der Waals surface area contributed by atoms with Crippen LogP contribution in [-0.4, -0.2) is 54.0 Å². The number of β-amino-alcohol motifs (C(OH)–C–C–N with tert-alkyl or cyclic N) is 1. The standard InChI is InChI=1S/C22H23N3O5/c1-15-6-8-16(9-7-15)30-13-10-23-21(28)17-4-2-3-5-18(17)24-19-14-20(27)25(11-12-26)22(19)29/h2-9,14,24,26H,10-13H2,1H3,(H,23,28). The second kappa shape index (κ2) is 9.71. The van der Waals surface area contributed by atoms with Gasteiger partial charge in [-0.1, -0.05) is 29.8 Å². The summed E-state index contributed by atoms with van der Waals surface area (Å²) in [6, 6.07) is 14.3. The van der Waals surface area contributed by atoms with E-state index in [1.54, 1.807) is 24.3 Å². The Morgan fingerprint density at radius 3 is 2.57 bits per heavy atom. The van der Waals surface area contributed by atoms with Crippen molar-refractivity contribution in [3.05, 3.63) is 71.4 Å². The molecule has 0 fully saturated rings. The monoisotopic (exact) mass is 409 g/mol. The van der Waals surface area contributed by atoms with Gasteiger partial charge in [0.05, 0.1) is 30.9 Å². The number of aliphatic hydroxyl groups excluding tert-OH is 1. The first kappa shape index (κ1) is 21.1. The van der Waals surface area contributed by atoms with Crippen LogP contribution in [-0.2, 0) is 9.59 Å². The lowest BCUT2D eigenvalue weighted by Gasteiger charge is -2.15. The molecule has 8 heteroatoms. The zero-order valence-corrected chi connectivity index (χ0v) is 16.6. The molecule has 3 rings (SSSR count). The van der Waals surface area contributed by atoms with Gasteiger partial charge in [0.2, 0.25) is 0 Å². The summed E-state index contributed by atoms with van der Waals surface area (Å²) in [4.78, 5) is 37.7. The highest BCUT2D eigenvalue weighted by Crippen LogP contribution is 2.21. The van der Waals surface area contributed by atoms with E-state index in [2.05, 4.69) is 10.6 Å². The van der Waals surface area contributed by atoms with Crippen LogP contribution < -0.4 is 15.4 Å². The van der Waals surface area contributed by atoms with Gasteiger partial charge in [-0.3, -0.25) is 19.3 Å². The number of hydrogen-bond acceptors (Lipinski definition) is 6. The third kappa shape index (κ3) is 5.03. The maximum Gasteiger partial charge on any atom is 0.277 e. The maximum absolute atomic E-state index is 12.6. The number of amides is 3. The smallest absolute Gasteiger partial charge is 0.277 e. The molecular formula is C22H23N3O5. The number of aliphatic hydroxyl groups is 1. The zero-order valence-electron chi connectivity index (χ0n) is 16.6. The molecule has 3 amide bonds. The Balaban J connectivity index is 1.58. The first-order chi connectivity index (χ1) is 14.5. The average Bonchev–Trinajstić information content (AvgIpc) is 3.00. The van der Waals surface area contributed by atoms with Crippen molar-refractivity contribution < 1.29 is 24.2 Å². The summed E-state index contributed by atoms with van der Waals surface area (Å²) in [5.41, 5.74) is 1.91. The van der Waals surface area contributed by atoms with Crippen LogP contribution >= 0.6 is 0 Å². The van der Waals surface area contributed by atoms with Gasteiger partial charge in [0.15, 0.2) is 0 Å². The molecule has 8 nitrogen and oxygen atoms in total. The highest BCUT2D eigenvalue weighted by Gasteiger charge is 2.31. The molecule has 0 saturated carbocycles. The third-order valence-corrected chi connectivity index (χ3v) is 4.45. The summed E-state index contributed by atoms with van der Waals surface area (Å²) >= 11 is 0. The molecular weight excluding hydrogens is 386 g/mol. The van der Waals surface area contributed by atoms with Crippen molar-refractivity contribution in [2.24, 2.45) is 0 Å². The molecule has 1 aliphatic heterocycles. The molecule has 2 aromatic carbocycles. The van der Waals surface area contributed by atoms with E-state index in [-0.39, 0.29) is 24.8 Å². The predicted molar refractivity (Wildman–Crippen MR) is 111 cm³/mol. The normalized spacial score (nSPS) is 13.3. The topological polar surface area (TPSA) is 108 Å². The van der Waals surface area contributed by atoms with Crippen molar-refractivity contribution in [1.29, 1.82) is 0 Å². The Hall–Kier alpha value is -3.65. The highest BCUT2D eigenvalue weighted by atomic mass is 16.5. The first-order valence-electron chi connectivity index (χ1n) is 9.51. The average molecular weight is 409 g/mol. The Labute approximate surface area is 174 Å². The van der Waals surface area contributed by atoms with Gasteiger partial charge in [-0.15, -0.1) is 0 Å². The second-order valence-corrected chi connectivity index (χ2v) is 6.66. The second-order valence-electron chi connectivity index (χ2n) is 6.66. The summed E-state index contributed by atoms with van der Waals surface area (Å²) in [5.74, 6) is -0.668. The number of para-hydroxylation sites is 1. The number of hydrogen-bond donors (Lipinski definition) is 3. The minimum atomic E-state index is -0.546. The number of nitrogens with one attached hydrogen (secondary N) is 2. The van der Waals surface area contributed by atoms with Crippen LogP contribution in [0.1, 0.15) is 15.9 Å². The summed E-state index contributed by atoms with van der Waals surface area (Å²) < 4.78 is 5.60. The number of imide groups is 1. The molecule has 0 bridgehead atoms. The van der Waals surface area contributed by atoms with Gasteiger partial charge in [0.25, 0.3) is 17.7 Å². The van der Waals surface area contributed by atoms with Crippen molar-refractivity contribution in [3.63, 3.8) is 0 Å². The molecule has 1 aliphatic rings. The molecule has 156 valence electrons. The van der Waals surface area contributed by atoms with Gasteiger partial charge in [0.1, 0.15) is 18.1 Å². The Morgan fingerprint density at radius 2 is 1.83 bits per heavy atom. The maximum atomic E-state index is 12.6. The predicted octanol–water partition coefficient (Wildman–Crippen LogP) is 1.46. The van der Waals surface area contributed by atoms with Gasteiger partial charge in [-0.05, 0) is 31.2 Å². The van der Waals surface area contributed by atoms with Gasteiger partial charge in [0, 0.05) is 6.08 Å². The molecule has 0 atom stereocenters. The van der Waals surface area contributed by atoms with Gasteiger partial charge >= 0.3 is 0 Å². The largest absolute Gasteiger partial charge is 0.492 e.